The molecule has 2 rings (SSSR count). The van der Waals surface area contributed by atoms with Gasteiger partial charge in [0, 0.05) is 5.69 Å². The Hall–Kier alpha value is -2.05. The van der Waals surface area contributed by atoms with Gasteiger partial charge in [0.2, 0.25) is 5.89 Å². The molecule has 96 valence electrons. The minimum atomic E-state index is -4.58. The first-order chi connectivity index (χ1) is 8.45. The van der Waals surface area contributed by atoms with E-state index in [1.54, 1.807) is 0 Å². The van der Waals surface area contributed by atoms with E-state index in [0.717, 1.165) is 11.3 Å². The zero-order valence-corrected chi connectivity index (χ0v) is 9.45. The number of alkyl halides is 3. The van der Waals surface area contributed by atoms with Crippen molar-refractivity contribution in [2.24, 2.45) is 0 Å². The van der Waals surface area contributed by atoms with Gasteiger partial charge in [-0.25, -0.2) is 0 Å². The van der Waals surface area contributed by atoms with E-state index in [-0.39, 0.29) is 12.4 Å². The Morgan fingerprint density at radius 3 is 2.44 bits per heavy atom. The highest BCUT2D eigenvalue weighted by atomic mass is 19.4. The fourth-order valence-corrected chi connectivity index (χ4v) is 1.29. The van der Waals surface area contributed by atoms with Crippen molar-refractivity contribution in [3.63, 3.8) is 0 Å². The third-order valence-electron chi connectivity index (χ3n) is 2.22. The SMILES string of the molecule is Cc1ccc(NCc2nc(C(F)(F)F)no2)cc1. The second-order valence-corrected chi connectivity index (χ2v) is 3.73. The van der Waals surface area contributed by atoms with Crippen LogP contribution in [0.1, 0.15) is 17.3 Å². The summed E-state index contributed by atoms with van der Waals surface area (Å²) in [6.07, 6.45) is -4.58. The van der Waals surface area contributed by atoms with E-state index in [9.17, 15) is 13.2 Å². The maximum atomic E-state index is 12.2. The molecule has 0 unspecified atom stereocenters. The number of aryl methyl sites for hydroxylation is 1. The lowest BCUT2D eigenvalue weighted by atomic mass is 10.2. The van der Waals surface area contributed by atoms with Crippen LogP contribution in [0.2, 0.25) is 0 Å². The van der Waals surface area contributed by atoms with Crippen LogP contribution in [0.25, 0.3) is 0 Å². The van der Waals surface area contributed by atoms with Gasteiger partial charge in [0.05, 0.1) is 6.54 Å². The van der Waals surface area contributed by atoms with Gasteiger partial charge in [-0.15, -0.1) is 0 Å². The number of nitrogens with one attached hydrogen (secondary N) is 1. The van der Waals surface area contributed by atoms with E-state index in [0.29, 0.717) is 0 Å². The van der Waals surface area contributed by atoms with E-state index < -0.39 is 12.0 Å². The average Bonchev–Trinajstić information content (AvgIpc) is 2.77. The third-order valence-corrected chi connectivity index (χ3v) is 2.22. The van der Waals surface area contributed by atoms with Crippen LogP contribution in [-0.4, -0.2) is 10.1 Å². The number of nitrogens with zero attached hydrogens (tertiary/aromatic N) is 2. The monoisotopic (exact) mass is 257 g/mol. The van der Waals surface area contributed by atoms with Gasteiger partial charge in [-0.2, -0.15) is 18.2 Å². The summed E-state index contributed by atoms with van der Waals surface area (Å²) >= 11 is 0. The molecule has 0 aliphatic carbocycles. The van der Waals surface area contributed by atoms with E-state index in [1.807, 2.05) is 31.2 Å². The third kappa shape index (κ3) is 2.99. The highest BCUT2D eigenvalue weighted by molar-refractivity contribution is 5.44. The molecule has 0 spiro atoms. The van der Waals surface area contributed by atoms with E-state index in [1.165, 1.54) is 0 Å². The summed E-state index contributed by atoms with van der Waals surface area (Å²) in [5.41, 5.74) is 1.87. The summed E-state index contributed by atoms with van der Waals surface area (Å²) in [5.74, 6) is -1.37. The zero-order valence-electron chi connectivity index (χ0n) is 9.45. The predicted molar refractivity (Wildman–Crippen MR) is 57.8 cm³/mol. The summed E-state index contributed by atoms with van der Waals surface area (Å²) in [5, 5.41) is 5.75. The van der Waals surface area contributed by atoms with Gasteiger partial charge in [-0.05, 0) is 19.1 Å². The Bertz CT molecular complexity index is 519. The van der Waals surface area contributed by atoms with Gasteiger partial charge in [0.25, 0.3) is 5.82 Å². The molecule has 0 radical (unpaired) electrons. The van der Waals surface area contributed by atoms with Crippen molar-refractivity contribution in [3.8, 4) is 0 Å². The van der Waals surface area contributed by atoms with Crippen molar-refractivity contribution in [1.29, 1.82) is 0 Å². The van der Waals surface area contributed by atoms with Crippen LogP contribution in [0.3, 0.4) is 0 Å². The number of benzene rings is 1. The van der Waals surface area contributed by atoms with Gasteiger partial charge in [-0.1, -0.05) is 22.9 Å². The van der Waals surface area contributed by atoms with Crippen molar-refractivity contribution in [3.05, 3.63) is 41.5 Å². The summed E-state index contributed by atoms with van der Waals surface area (Å²) in [6, 6.07) is 7.40. The molecular formula is C11H10F3N3O. The van der Waals surface area contributed by atoms with Crippen LogP contribution in [0.4, 0.5) is 18.9 Å². The van der Waals surface area contributed by atoms with Gasteiger partial charge in [0.15, 0.2) is 0 Å². The lowest BCUT2D eigenvalue weighted by Gasteiger charge is -2.03. The fourth-order valence-electron chi connectivity index (χ4n) is 1.29. The maximum Gasteiger partial charge on any atom is 0.455 e. The summed E-state index contributed by atoms with van der Waals surface area (Å²) in [6.45, 7) is 1.99. The summed E-state index contributed by atoms with van der Waals surface area (Å²) < 4.78 is 41.1. The van der Waals surface area contributed by atoms with Crippen LogP contribution in [-0.2, 0) is 12.7 Å². The van der Waals surface area contributed by atoms with E-state index >= 15 is 0 Å². The Balaban J connectivity index is 1.98. The lowest BCUT2D eigenvalue weighted by Crippen LogP contribution is -2.08. The highest BCUT2D eigenvalue weighted by Crippen LogP contribution is 2.26. The number of anilines is 1. The molecule has 0 amide bonds. The van der Waals surface area contributed by atoms with E-state index in [4.69, 9.17) is 0 Å². The van der Waals surface area contributed by atoms with Crippen LogP contribution in [0.15, 0.2) is 28.8 Å². The van der Waals surface area contributed by atoms with Crippen molar-refractivity contribution < 1.29 is 17.7 Å². The Kier molecular flexibility index (Phi) is 3.22. The van der Waals surface area contributed by atoms with Gasteiger partial charge in [-0.3, -0.25) is 0 Å². The second-order valence-electron chi connectivity index (χ2n) is 3.73. The van der Waals surface area contributed by atoms with E-state index in [2.05, 4.69) is 20.0 Å². The molecule has 1 N–H and O–H groups in total. The molecule has 1 heterocycles. The van der Waals surface area contributed by atoms with Gasteiger partial charge in [0.1, 0.15) is 0 Å². The van der Waals surface area contributed by atoms with Crippen LogP contribution in [0.5, 0.6) is 0 Å². The molecule has 1 aromatic carbocycles. The number of aromatic nitrogens is 2. The largest absolute Gasteiger partial charge is 0.455 e. The molecule has 2 aromatic rings. The molecule has 18 heavy (non-hydrogen) atoms. The van der Waals surface area contributed by atoms with Crippen LogP contribution < -0.4 is 5.32 Å². The quantitative estimate of drug-likeness (QED) is 0.918. The fraction of sp³-hybridized carbons (Fsp3) is 0.273. The minimum absolute atomic E-state index is 0.0478. The lowest BCUT2D eigenvalue weighted by molar-refractivity contribution is -0.146. The standard InChI is InChI=1S/C11H10F3N3O/c1-7-2-4-8(5-3-7)15-6-9-16-10(17-18-9)11(12,13)14/h2-5,15H,6H2,1H3. The normalized spacial score (nSPS) is 11.6. The molecule has 0 saturated carbocycles. The Labute approximate surface area is 101 Å². The van der Waals surface area contributed by atoms with Crippen molar-refractivity contribution in [2.45, 2.75) is 19.6 Å². The van der Waals surface area contributed by atoms with Crippen molar-refractivity contribution in [1.82, 2.24) is 10.1 Å². The number of hydrogen-bond donors (Lipinski definition) is 1. The second kappa shape index (κ2) is 4.67. The molecule has 0 saturated heterocycles. The first-order valence-electron chi connectivity index (χ1n) is 5.15. The molecule has 4 nitrogen and oxygen atoms in total. The summed E-state index contributed by atoms with van der Waals surface area (Å²) in [4.78, 5) is 3.25. The van der Waals surface area contributed by atoms with Crippen molar-refractivity contribution in [2.75, 3.05) is 5.32 Å². The molecule has 0 bridgehead atoms. The molecule has 0 aliphatic heterocycles. The Morgan fingerprint density at radius 1 is 1.22 bits per heavy atom. The highest BCUT2D eigenvalue weighted by Gasteiger charge is 2.37. The topological polar surface area (TPSA) is 51.0 Å². The first-order valence-corrected chi connectivity index (χ1v) is 5.15. The molecule has 0 aliphatic rings. The first kappa shape index (κ1) is 12.4. The molecule has 7 heteroatoms. The average molecular weight is 257 g/mol. The molecule has 0 atom stereocenters. The maximum absolute atomic E-state index is 12.2. The predicted octanol–water partition coefficient (Wildman–Crippen LogP) is 3.01. The minimum Gasteiger partial charge on any atom is -0.376 e. The van der Waals surface area contributed by atoms with Crippen molar-refractivity contribution >= 4 is 5.69 Å². The number of hydrogen-bond acceptors (Lipinski definition) is 4. The van der Waals surface area contributed by atoms with Crippen LogP contribution in [0, 0.1) is 6.92 Å². The smallest absolute Gasteiger partial charge is 0.376 e. The van der Waals surface area contributed by atoms with Crippen LogP contribution >= 0.6 is 0 Å². The Morgan fingerprint density at radius 2 is 1.89 bits per heavy atom. The molecule has 0 fully saturated rings. The molecule has 1 aromatic heterocycles. The summed E-state index contributed by atoms with van der Waals surface area (Å²) in [7, 11) is 0. The zero-order chi connectivity index (χ0) is 13.2. The van der Waals surface area contributed by atoms with Gasteiger partial charge >= 0.3 is 6.18 Å². The number of halogens is 3. The van der Waals surface area contributed by atoms with Gasteiger partial charge < -0.3 is 9.84 Å². The number of rotatable bonds is 3. The molecular weight excluding hydrogens is 247 g/mol.